The van der Waals surface area contributed by atoms with Crippen molar-refractivity contribution >= 4 is 75.3 Å². The van der Waals surface area contributed by atoms with E-state index in [0.29, 0.717) is 33.4 Å². The number of nitrogens with one attached hydrogen (secondary N) is 3. The number of benzene rings is 3. The van der Waals surface area contributed by atoms with Crippen LogP contribution in [0.15, 0.2) is 88.8 Å². The second-order valence-electron chi connectivity index (χ2n) is 9.63. The maximum Gasteiger partial charge on any atom is 0.311 e. The molecule has 0 aliphatic heterocycles. The predicted octanol–water partition coefficient (Wildman–Crippen LogP) is 6.96. The van der Waals surface area contributed by atoms with Crippen LogP contribution in [0.4, 0.5) is 15.2 Å². The number of thioether (sulfide) groups is 1. The van der Waals surface area contributed by atoms with Crippen molar-refractivity contribution in [2.45, 2.75) is 36.8 Å². The number of hydrogen-bond donors (Lipinski definition) is 3. The van der Waals surface area contributed by atoms with Crippen molar-refractivity contribution < 1.29 is 28.3 Å². The first kappa shape index (κ1) is 34.4. The van der Waals surface area contributed by atoms with Crippen LogP contribution in [0.1, 0.15) is 41.9 Å². The van der Waals surface area contributed by atoms with Gasteiger partial charge in [0.1, 0.15) is 11.5 Å². The standard InChI is InChI=1S/C33H30ClFN4O5S2/c1-3-28(32(43)39-33-37-22(19-45-33)17-29(40)44-4-2)46-23-13-8-12-21(16-23)36-31(42)27(18-24-25(34)14-9-15-26(24)35)38-30(41)20-10-6-5-7-11-20/h5-16,18-19,28H,3-4,17H2,1-2H3,(H,36,42)(H,38,41)(H,37,39,43)/b27-18+. The molecule has 1 unspecified atom stereocenters. The SMILES string of the molecule is CCOC(=O)Cc1csc(NC(=O)C(CC)Sc2cccc(NC(=O)/C(=C\c3c(F)cccc3Cl)NC(=O)c3ccccc3)c2)n1. The first-order chi connectivity index (χ1) is 22.2. The average molecular weight is 681 g/mol. The third kappa shape index (κ3) is 9.74. The molecule has 3 N–H and O–H groups in total. The predicted molar refractivity (Wildman–Crippen MR) is 179 cm³/mol. The maximum absolute atomic E-state index is 14.6. The number of carbonyl (C=O) groups excluding carboxylic acids is 4. The van der Waals surface area contributed by atoms with Crippen LogP contribution in [0.3, 0.4) is 0 Å². The lowest BCUT2D eigenvalue weighted by atomic mass is 10.1. The van der Waals surface area contributed by atoms with Crippen LogP contribution in [0.2, 0.25) is 5.02 Å². The largest absolute Gasteiger partial charge is 0.466 e. The summed E-state index contributed by atoms with van der Waals surface area (Å²) in [6, 6.07) is 19.2. The number of amides is 3. The number of nitrogens with zero attached hydrogens (tertiary/aromatic N) is 1. The van der Waals surface area contributed by atoms with Gasteiger partial charge >= 0.3 is 5.97 Å². The lowest BCUT2D eigenvalue weighted by molar-refractivity contribution is -0.142. The minimum Gasteiger partial charge on any atom is -0.466 e. The fourth-order valence-electron chi connectivity index (χ4n) is 4.06. The summed E-state index contributed by atoms with van der Waals surface area (Å²) in [6.07, 6.45) is 1.70. The van der Waals surface area contributed by atoms with Crippen molar-refractivity contribution in [2.24, 2.45) is 0 Å². The highest BCUT2D eigenvalue weighted by molar-refractivity contribution is 8.00. The summed E-state index contributed by atoms with van der Waals surface area (Å²) in [6.45, 7) is 3.87. The van der Waals surface area contributed by atoms with Gasteiger partial charge in [-0.1, -0.05) is 48.9 Å². The molecule has 1 aromatic heterocycles. The molecule has 0 saturated heterocycles. The van der Waals surface area contributed by atoms with E-state index in [1.165, 1.54) is 47.4 Å². The van der Waals surface area contributed by atoms with Gasteiger partial charge in [-0.25, -0.2) is 9.37 Å². The van der Waals surface area contributed by atoms with Gasteiger partial charge in [-0.3, -0.25) is 19.2 Å². The van der Waals surface area contributed by atoms with E-state index in [1.54, 1.807) is 66.9 Å². The van der Waals surface area contributed by atoms with Crippen molar-refractivity contribution in [2.75, 3.05) is 17.2 Å². The molecule has 46 heavy (non-hydrogen) atoms. The van der Waals surface area contributed by atoms with Crippen molar-refractivity contribution in [1.82, 2.24) is 10.3 Å². The molecule has 0 saturated carbocycles. The first-order valence-electron chi connectivity index (χ1n) is 14.2. The zero-order chi connectivity index (χ0) is 33.1. The summed E-state index contributed by atoms with van der Waals surface area (Å²) in [5.41, 5.74) is 0.908. The third-order valence-corrected chi connectivity index (χ3v) is 8.76. The topological polar surface area (TPSA) is 126 Å². The van der Waals surface area contributed by atoms with Gasteiger partial charge in [-0.05, 0) is 61.9 Å². The quantitative estimate of drug-likeness (QED) is 0.0792. The van der Waals surface area contributed by atoms with E-state index >= 15 is 0 Å². The second kappa shape index (κ2) is 16.7. The lowest BCUT2D eigenvalue weighted by Crippen LogP contribution is -2.30. The Morgan fingerprint density at radius 2 is 1.78 bits per heavy atom. The second-order valence-corrected chi connectivity index (χ2v) is 12.2. The van der Waals surface area contributed by atoms with Crippen LogP contribution in [0.25, 0.3) is 6.08 Å². The van der Waals surface area contributed by atoms with E-state index in [0.717, 1.165) is 0 Å². The molecule has 3 aromatic carbocycles. The molecule has 238 valence electrons. The molecule has 0 aliphatic carbocycles. The molecule has 0 aliphatic rings. The Morgan fingerprint density at radius 3 is 2.50 bits per heavy atom. The van der Waals surface area contributed by atoms with E-state index in [4.69, 9.17) is 16.3 Å². The normalized spacial score (nSPS) is 11.8. The molecule has 0 fully saturated rings. The van der Waals surface area contributed by atoms with E-state index in [2.05, 4.69) is 20.9 Å². The zero-order valence-electron chi connectivity index (χ0n) is 24.8. The number of thiazole rings is 1. The van der Waals surface area contributed by atoms with Gasteiger partial charge in [0.2, 0.25) is 5.91 Å². The number of carbonyl (C=O) groups is 4. The lowest BCUT2D eigenvalue weighted by Gasteiger charge is -2.15. The van der Waals surface area contributed by atoms with E-state index in [-0.39, 0.29) is 35.2 Å². The molecule has 0 bridgehead atoms. The Bertz CT molecular complexity index is 1730. The third-order valence-electron chi connectivity index (χ3n) is 6.26. The van der Waals surface area contributed by atoms with Gasteiger partial charge in [-0.2, -0.15) is 0 Å². The number of anilines is 2. The summed E-state index contributed by atoms with van der Waals surface area (Å²) in [5, 5.41) is 9.74. The minimum atomic E-state index is -0.710. The summed E-state index contributed by atoms with van der Waals surface area (Å²) in [7, 11) is 0. The fourth-order valence-corrected chi connectivity index (χ4v) is 6.00. The first-order valence-corrected chi connectivity index (χ1v) is 16.3. The molecular formula is C33H30ClFN4O5S2. The zero-order valence-corrected chi connectivity index (χ0v) is 27.2. The minimum absolute atomic E-state index is 0.0187. The van der Waals surface area contributed by atoms with Crippen LogP contribution in [-0.2, 0) is 25.5 Å². The van der Waals surface area contributed by atoms with E-state index in [1.807, 2.05) is 6.92 Å². The van der Waals surface area contributed by atoms with E-state index in [9.17, 15) is 23.6 Å². The van der Waals surface area contributed by atoms with Gasteiger partial charge in [-0.15, -0.1) is 23.1 Å². The van der Waals surface area contributed by atoms with Crippen molar-refractivity contribution in [1.29, 1.82) is 0 Å². The number of halogens is 2. The van der Waals surface area contributed by atoms with Gasteiger partial charge in [0.15, 0.2) is 5.13 Å². The van der Waals surface area contributed by atoms with Gasteiger partial charge in [0.25, 0.3) is 11.8 Å². The molecule has 0 spiro atoms. The number of hydrogen-bond acceptors (Lipinski definition) is 8. The molecular weight excluding hydrogens is 651 g/mol. The Morgan fingerprint density at radius 1 is 1.02 bits per heavy atom. The molecule has 4 rings (SSSR count). The molecule has 3 amide bonds. The molecule has 1 atom stereocenters. The van der Waals surface area contributed by atoms with Crippen LogP contribution in [0.5, 0.6) is 0 Å². The Hall–Kier alpha value is -4.52. The van der Waals surface area contributed by atoms with E-state index < -0.39 is 28.9 Å². The smallest absolute Gasteiger partial charge is 0.311 e. The Kier molecular flexibility index (Phi) is 12.5. The molecule has 9 nitrogen and oxygen atoms in total. The maximum atomic E-state index is 14.6. The van der Waals surface area contributed by atoms with Crippen LogP contribution >= 0.6 is 34.7 Å². The van der Waals surface area contributed by atoms with Crippen molar-refractivity contribution in [3.05, 3.63) is 112 Å². The number of aromatic nitrogens is 1. The van der Waals surface area contributed by atoms with Crippen LogP contribution in [0, 0.1) is 5.82 Å². The Balaban J connectivity index is 1.47. The van der Waals surface area contributed by atoms with Gasteiger partial charge < -0.3 is 20.7 Å². The fraction of sp³-hybridized carbons (Fsp3) is 0.182. The molecule has 1 heterocycles. The van der Waals surface area contributed by atoms with Crippen molar-refractivity contribution in [3.8, 4) is 0 Å². The highest BCUT2D eigenvalue weighted by Crippen LogP contribution is 2.29. The van der Waals surface area contributed by atoms with Crippen LogP contribution in [-0.4, -0.2) is 40.5 Å². The monoisotopic (exact) mass is 680 g/mol. The summed E-state index contributed by atoms with van der Waals surface area (Å²) >= 11 is 8.70. The van der Waals surface area contributed by atoms with Crippen molar-refractivity contribution in [3.63, 3.8) is 0 Å². The highest BCUT2D eigenvalue weighted by atomic mass is 35.5. The molecule has 0 radical (unpaired) electrons. The summed E-state index contributed by atoms with van der Waals surface area (Å²) < 4.78 is 19.6. The molecule has 13 heteroatoms. The average Bonchev–Trinajstić information content (AvgIpc) is 3.47. The van der Waals surface area contributed by atoms with Gasteiger partial charge in [0.05, 0.1) is 29.0 Å². The highest BCUT2D eigenvalue weighted by Gasteiger charge is 2.21. The number of rotatable bonds is 13. The molecule has 4 aromatic rings. The summed E-state index contributed by atoms with van der Waals surface area (Å²) in [4.78, 5) is 56.2. The summed E-state index contributed by atoms with van der Waals surface area (Å²) in [5.74, 6) is -2.60. The number of esters is 1. The Labute approximate surface area is 278 Å². The number of ether oxygens (including phenoxy) is 1. The van der Waals surface area contributed by atoms with Crippen LogP contribution < -0.4 is 16.0 Å². The van der Waals surface area contributed by atoms with Gasteiger partial charge in [0, 0.05) is 27.1 Å².